The van der Waals surface area contributed by atoms with Crippen LogP contribution in [0.5, 0.6) is 5.75 Å². The predicted molar refractivity (Wildman–Crippen MR) is 118 cm³/mol. The number of methoxy groups -OCH3 is 1. The van der Waals surface area contributed by atoms with Crippen molar-refractivity contribution in [3.05, 3.63) is 48.0 Å². The third-order valence-electron chi connectivity index (χ3n) is 5.92. The second kappa shape index (κ2) is 9.74. The zero-order valence-electron chi connectivity index (χ0n) is 17.6. The Morgan fingerprint density at radius 2 is 1.59 bits per heavy atom. The Morgan fingerprint density at radius 1 is 0.966 bits per heavy atom. The minimum absolute atomic E-state index is 0.112. The average Bonchev–Trinajstić information content (AvgIpc) is 2.78. The highest BCUT2D eigenvalue weighted by Gasteiger charge is 2.20. The molecule has 1 aliphatic carbocycles. The van der Waals surface area contributed by atoms with Crippen molar-refractivity contribution in [1.29, 1.82) is 0 Å². The van der Waals surface area contributed by atoms with Crippen molar-refractivity contribution in [2.75, 3.05) is 19.9 Å². The molecule has 0 atom stereocenters. The summed E-state index contributed by atoms with van der Waals surface area (Å²) in [5, 5.41) is 7.06. The number of ether oxygens (including phenoxy) is 1. The molecule has 3 rings (SSSR count). The number of rotatable bonds is 8. The van der Waals surface area contributed by atoms with Crippen molar-refractivity contribution in [3.63, 3.8) is 0 Å². The maximum absolute atomic E-state index is 12.0. The second-order valence-electron chi connectivity index (χ2n) is 7.67. The van der Waals surface area contributed by atoms with Gasteiger partial charge in [-0.15, -0.1) is 0 Å². The number of benzene rings is 2. The van der Waals surface area contributed by atoms with Crippen LogP contribution in [0.15, 0.2) is 47.4 Å². The molecule has 6 heteroatoms. The maximum atomic E-state index is 12.0. The molecule has 1 saturated carbocycles. The van der Waals surface area contributed by atoms with Gasteiger partial charge in [0.05, 0.1) is 17.8 Å². The highest BCUT2D eigenvalue weighted by Crippen LogP contribution is 2.28. The first-order valence-corrected chi connectivity index (χ1v) is 12.0. The topological polar surface area (TPSA) is 67.4 Å². The van der Waals surface area contributed by atoms with Crippen molar-refractivity contribution in [3.8, 4) is 16.9 Å². The summed E-state index contributed by atoms with van der Waals surface area (Å²) in [5.41, 5.74) is 3.17. The molecule has 0 spiro atoms. The molecule has 29 heavy (non-hydrogen) atoms. The van der Waals surface area contributed by atoms with E-state index >= 15 is 0 Å². The maximum Gasteiger partial charge on any atom is 0.178 e. The van der Waals surface area contributed by atoms with Gasteiger partial charge < -0.3 is 15.4 Å². The Labute approximate surface area is 174 Å². The van der Waals surface area contributed by atoms with Crippen LogP contribution in [0.4, 0.5) is 0 Å². The molecule has 0 amide bonds. The average molecular weight is 417 g/mol. The van der Waals surface area contributed by atoms with E-state index in [2.05, 4.69) is 16.7 Å². The highest BCUT2D eigenvalue weighted by molar-refractivity contribution is 7.91. The molecule has 0 heterocycles. The molecule has 158 valence electrons. The molecular weight excluding hydrogens is 384 g/mol. The molecule has 0 unspecified atom stereocenters. The molecule has 2 aromatic carbocycles. The van der Waals surface area contributed by atoms with Gasteiger partial charge in [0.15, 0.2) is 9.84 Å². The molecule has 1 fully saturated rings. The largest absolute Gasteiger partial charge is 0.496 e. The molecular formula is C23H32N2O3S. The van der Waals surface area contributed by atoms with E-state index in [1.165, 1.54) is 25.7 Å². The summed E-state index contributed by atoms with van der Waals surface area (Å²) >= 11 is 0. The second-order valence-corrected chi connectivity index (χ2v) is 9.95. The Hall–Kier alpha value is -1.89. The van der Waals surface area contributed by atoms with Gasteiger partial charge in [-0.2, -0.15) is 0 Å². The van der Waals surface area contributed by atoms with Gasteiger partial charge in [-0.3, -0.25) is 0 Å². The first kappa shape index (κ1) is 21.8. The fourth-order valence-electron chi connectivity index (χ4n) is 3.96. The molecule has 2 N–H and O–H groups in total. The number of hydrogen-bond acceptors (Lipinski definition) is 5. The summed E-state index contributed by atoms with van der Waals surface area (Å²) in [7, 11) is 0.559. The summed E-state index contributed by atoms with van der Waals surface area (Å²) in [4.78, 5) is 0.372. The summed E-state index contributed by atoms with van der Waals surface area (Å²) in [6.07, 6.45) is 4.78. The van der Waals surface area contributed by atoms with Gasteiger partial charge in [-0.05, 0) is 68.1 Å². The van der Waals surface area contributed by atoms with E-state index in [-0.39, 0.29) is 5.75 Å². The molecule has 0 aromatic heterocycles. The van der Waals surface area contributed by atoms with E-state index in [4.69, 9.17) is 4.74 Å². The molecule has 0 radical (unpaired) electrons. The van der Waals surface area contributed by atoms with E-state index in [1.54, 1.807) is 26.2 Å². The van der Waals surface area contributed by atoms with E-state index in [0.29, 0.717) is 17.0 Å². The van der Waals surface area contributed by atoms with Gasteiger partial charge >= 0.3 is 0 Å². The normalized spacial score (nSPS) is 19.8. The third kappa shape index (κ3) is 5.38. The zero-order chi connectivity index (χ0) is 20.9. The fraction of sp³-hybridized carbons (Fsp3) is 0.478. The molecule has 1 aliphatic rings. The van der Waals surface area contributed by atoms with Crippen LogP contribution < -0.4 is 15.4 Å². The molecule has 0 saturated heterocycles. The Kier molecular flexibility index (Phi) is 7.33. The zero-order valence-corrected chi connectivity index (χ0v) is 18.4. The number of nitrogens with one attached hydrogen (secondary N) is 2. The summed E-state index contributed by atoms with van der Waals surface area (Å²) < 4.78 is 29.6. The predicted octanol–water partition coefficient (Wildman–Crippen LogP) is 3.78. The number of sulfone groups is 1. The number of hydrogen-bond donors (Lipinski definition) is 2. The van der Waals surface area contributed by atoms with Crippen LogP contribution in [0.2, 0.25) is 0 Å². The molecule has 5 nitrogen and oxygen atoms in total. The fourth-order valence-corrected chi connectivity index (χ4v) is 4.84. The van der Waals surface area contributed by atoms with Crippen molar-refractivity contribution >= 4 is 9.84 Å². The van der Waals surface area contributed by atoms with Crippen LogP contribution in [0.1, 0.15) is 38.2 Å². The van der Waals surface area contributed by atoms with E-state index < -0.39 is 9.84 Å². The van der Waals surface area contributed by atoms with E-state index in [0.717, 1.165) is 29.0 Å². The Bertz CT molecular complexity index is 902. The van der Waals surface area contributed by atoms with Crippen LogP contribution in [0, 0.1) is 0 Å². The Morgan fingerprint density at radius 3 is 2.17 bits per heavy atom. The van der Waals surface area contributed by atoms with Crippen LogP contribution in [0.3, 0.4) is 0 Å². The minimum atomic E-state index is -3.18. The van der Waals surface area contributed by atoms with Crippen LogP contribution >= 0.6 is 0 Å². The van der Waals surface area contributed by atoms with Gasteiger partial charge in [0, 0.05) is 24.2 Å². The van der Waals surface area contributed by atoms with Gasteiger partial charge in [0.25, 0.3) is 0 Å². The summed E-state index contributed by atoms with van der Waals surface area (Å²) in [5.74, 6) is 0.983. The van der Waals surface area contributed by atoms with Crippen molar-refractivity contribution in [2.24, 2.45) is 0 Å². The van der Waals surface area contributed by atoms with Gasteiger partial charge in [-0.25, -0.2) is 8.42 Å². The quantitative estimate of drug-likeness (QED) is 0.686. The minimum Gasteiger partial charge on any atom is -0.496 e. The lowest BCUT2D eigenvalue weighted by molar-refractivity contribution is 0.315. The van der Waals surface area contributed by atoms with Crippen molar-refractivity contribution < 1.29 is 13.2 Å². The standard InChI is InChI=1S/C23H32N2O3S/c1-4-29(26,27)22-12-5-17(6-13-22)18-7-14-23(28-3)19(15-18)16-25-21-10-8-20(24-2)9-11-21/h5-7,12-15,20-21,24-25H,4,8-11,16H2,1-3H3. The molecule has 0 bridgehead atoms. The Balaban J connectivity index is 1.73. The summed E-state index contributed by atoms with van der Waals surface area (Å²) in [6.45, 7) is 2.42. The van der Waals surface area contributed by atoms with Gasteiger partial charge in [-0.1, -0.05) is 25.1 Å². The van der Waals surface area contributed by atoms with Crippen LogP contribution in [0.25, 0.3) is 11.1 Å². The molecule has 2 aromatic rings. The van der Waals surface area contributed by atoms with Crippen molar-refractivity contribution in [1.82, 2.24) is 10.6 Å². The highest BCUT2D eigenvalue weighted by atomic mass is 32.2. The SMILES string of the molecule is CCS(=O)(=O)c1ccc(-c2ccc(OC)c(CNC3CCC(NC)CC3)c2)cc1. The van der Waals surface area contributed by atoms with E-state index in [9.17, 15) is 8.42 Å². The first-order valence-electron chi connectivity index (χ1n) is 10.4. The van der Waals surface area contributed by atoms with Crippen molar-refractivity contribution in [2.45, 2.75) is 56.1 Å². The molecule has 0 aliphatic heterocycles. The lowest BCUT2D eigenvalue weighted by Gasteiger charge is -2.29. The monoisotopic (exact) mass is 416 g/mol. The lowest BCUT2D eigenvalue weighted by Crippen LogP contribution is -2.38. The van der Waals surface area contributed by atoms with Gasteiger partial charge in [0.1, 0.15) is 5.75 Å². The van der Waals surface area contributed by atoms with Gasteiger partial charge in [0.2, 0.25) is 0 Å². The lowest BCUT2D eigenvalue weighted by atomic mass is 9.91. The van der Waals surface area contributed by atoms with Crippen LogP contribution in [-0.4, -0.2) is 40.4 Å². The smallest absolute Gasteiger partial charge is 0.178 e. The summed E-state index contributed by atoms with van der Waals surface area (Å²) in [6, 6.07) is 14.4. The first-order chi connectivity index (χ1) is 14.0. The van der Waals surface area contributed by atoms with E-state index in [1.807, 2.05) is 31.3 Å². The van der Waals surface area contributed by atoms with Crippen LogP contribution in [-0.2, 0) is 16.4 Å². The third-order valence-corrected chi connectivity index (χ3v) is 7.67.